The van der Waals surface area contributed by atoms with Gasteiger partial charge in [-0.2, -0.15) is 0 Å². The molecular weight excluding hydrogens is 302 g/mol. The number of piperazine rings is 1. The Morgan fingerprint density at radius 1 is 1.04 bits per heavy atom. The van der Waals surface area contributed by atoms with E-state index in [2.05, 4.69) is 21.9 Å². The summed E-state index contributed by atoms with van der Waals surface area (Å²) in [4.78, 5) is 16.3. The monoisotopic (exact) mass is 327 g/mol. The van der Waals surface area contributed by atoms with Gasteiger partial charge in [-0.1, -0.05) is 18.2 Å². The topological polar surface area (TPSA) is 37.7 Å². The molecule has 2 aromatic rings. The fourth-order valence-corrected chi connectivity index (χ4v) is 3.15. The Hall–Kier alpha value is -2.27. The van der Waals surface area contributed by atoms with E-state index in [-0.39, 0.29) is 5.56 Å². The van der Waals surface area contributed by atoms with Gasteiger partial charge < -0.3 is 14.2 Å². The van der Waals surface area contributed by atoms with Crippen LogP contribution in [0, 0.1) is 0 Å². The second kappa shape index (κ2) is 7.53. The fourth-order valence-electron chi connectivity index (χ4n) is 3.15. The summed E-state index contributed by atoms with van der Waals surface area (Å²) in [5.74, 6) is 0.964. The first-order valence-corrected chi connectivity index (χ1v) is 8.52. The van der Waals surface area contributed by atoms with Crippen LogP contribution in [0.5, 0.6) is 5.75 Å². The number of aromatic nitrogens is 1. The first kappa shape index (κ1) is 16.6. The summed E-state index contributed by atoms with van der Waals surface area (Å²) in [5.41, 5.74) is 2.40. The second-order valence-corrected chi connectivity index (χ2v) is 6.15. The molecule has 2 heterocycles. The van der Waals surface area contributed by atoms with Crippen molar-refractivity contribution in [3.8, 4) is 5.75 Å². The largest absolute Gasteiger partial charge is 0.492 e. The minimum Gasteiger partial charge on any atom is -0.492 e. The van der Waals surface area contributed by atoms with E-state index in [0.29, 0.717) is 6.61 Å². The average Bonchev–Trinajstić information content (AvgIpc) is 2.60. The molecule has 1 aliphatic rings. The van der Waals surface area contributed by atoms with Crippen molar-refractivity contribution in [3.05, 3.63) is 58.5 Å². The van der Waals surface area contributed by atoms with Crippen LogP contribution in [0.4, 0.5) is 5.69 Å². The van der Waals surface area contributed by atoms with Crippen LogP contribution >= 0.6 is 0 Å². The number of anilines is 1. The molecule has 0 spiro atoms. The molecule has 5 nitrogen and oxygen atoms in total. The lowest BCUT2D eigenvalue weighted by atomic mass is 10.2. The molecule has 1 fully saturated rings. The molecule has 0 N–H and O–H groups in total. The lowest BCUT2D eigenvalue weighted by molar-refractivity contribution is 0.248. The molecule has 1 aromatic heterocycles. The summed E-state index contributed by atoms with van der Waals surface area (Å²) >= 11 is 0. The van der Waals surface area contributed by atoms with E-state index in [1.165, 1.54) is 11.3 Å². The maximum Gasteiger partial charge on any atom is 0.250 e. The number of nitrogens with zero attached hydrogens (tertiary/aromatic N) is 3. The molecule has 0 saturated carbocycles. The molecule has 24 heavy (non-hydrogen) atoms. The normalized spacial score (nSPS) is 15.5. The predicted molar refractivity (Wildman–Crippen MR) is 96.8 cm³/mol. The van der Waals surface area contributed by atoms with Crippen molar-refractivity contribution in [1.82, 2.24) is 9.47 Å². The SMILES string of the molecule is CCOc1ccccc1N1CCN(Cc2ccc(=O)n(C)c2)CC1. The number of pyridine rings is 1. The number of benzene rings is 1. The van der Waals surface area contributed by atoms with Gasteiger partial charge in [-0.15, -0.1) is 0 Å². The summed E-state index contributed by atoms with van der Waals surface area (Å²) in [6.45, 7) is 7.55. The molecule has 0 bridgehead atoms. The summed E-state index contributed by atoms with van der Waals surface area (Å²) in [7, 11) is 1.80. The van der Waals surface area contributed by atoms with Crippen molar-refractivity contribution >= 4 is 5.69 Å². The van der Waals surface area contributed by atoms with Crippen molar-refractivity contribution in [2.75, 3.05) is 37.7 Å². The van der Waals surface area contributed by atoms with Crippen LogP contribution in [0.15, 0.2) is 47.4 Å². The van der Waals surface area contributed by atoms with Crippen LogP contribution in [-0.4, -0.2) is 42.3 Å². The van der Waals surface area contributed by atoms with Crippen LogP contribution in [0.25, 0.3) is 0 Å². The quantitative estimate of drug-likeness (QED) is 0.843. The van der Waals surface area contributed by atoms with Crippen molar-refractivity contribution in [3.63, 3.8) is 0 Å². The van der Waals surface area contributed by atoms with Gasteiger partial charge in [-0.25, -0.2) is 0 Å². The summed E-state index contributed by atoms with van der Waals surface area (Å²) in [6, 6.07) is 11.8. The van der Waals surface area contributed by atoms with Crippen LogP contribution < -0.4 is 15.2 Å². The molecule has 1 saturated heterocycles. The molecule has 128 valence electrons. The smallest absolute Gasteiger partial charge is 0.250 e. The highest BCUT2D eigenvalue weighted by Gasteiger charge is 2.19. The molecule has 0 aliphatic carbocycles. The van der Waals surface area contributed by atoms with Gasteiger partial charge in [0, 0.05) is 52.0 Å². The number of para-hydroxylation sites is 2. The third kappa shape index (κ3) is 3.79. The predicted octanol–water partition coefficient (Wildman–Crippen LogP) is 2.11. The van der Waals surface area contributed by atoms with Crippen LogP contribution in [0.2, 0.25) is 0 Å². The van der Waals surface area contributed by atoms with Crippen LogP contribution in [0.1, 0.15) is 12.5 Å². The van der Waals surface area contributed by atoms with Crippen molar-refractivity contribution in [2.24, 2.45) is 7.05 Å². The Morgan fingerprint density at radius 2 is 1.79 bits per heavy atom. The van der Waals surface area contributed by atoms with E-state index in [1.807, 2.05) is 31.3 Å². The van der Waals surface area contributed by atoms with E-state index in [4.69, 9.17) is 4.74 Å². The van der Waals surface area contributed by atoms with E-state index in [1.54, 1.807) is 17.7 Å². The van der Waals surface area contributed by atoms with Crippen molar-refractivity contribution in [1.29, 1.82) is 0 Å². The molecule has 0 unspecified atom stereocenters. The van der Waals surface area contributed by atoms with E-state index >= 15 is 0 Å². The first-order valence-electron chi connectivity index (χ1n) is 8.52. The highest BCUT2D eigenvalue weighted by atomic mass is 16.5. The number of aryl methyl sites for hydroxylation is 1. The molecule has 1 aromatic carbocycles. The standard InChI is InChI=1S/C19H25N3O2/c1-3-24-18-7-5-4-6-17(18)22-12-10-21(11-13-22)15-16-8-9-19(23)20(2)14-16/h4-9,14H,3,10-13,15H2,1-2H3. The minimum absolute atomic E-state index is 0.0381. The third-order valence-corrected chi connectivity index (χ3v) is 4.43. The maximum atomic E-state index is 11.5. The lowest BCUT2D eigenvalue weighted by Crippen LogP contribution is -2.46. The van der Waals surface area contributed by atoms with E-state index in [0.717, 1.165) is 38.5 Å². The van der Waals surface area contributed by atoms with Crippen LogP contribution in [0.3, 0.4) is 0 Å². The van der Waals surface area contributed by atoms with E-state index < -0.39 is 0 Å². The molecule has 0 amide bonds. The molecule has 1 aliphatic heterocycles. The zero-order valence-corrected chi connectivity index (χ0v) is 14.4. The average molecular weight is 327 g/mol. The Kier molecular flexibility index (Phi) is 5.20. The first-order chi connectivity index (χ1) is 11.7. The molecule has 5 heteroatoms. The Morgan fingerprint density at radius 3 is 2.50 bits per heavy atom. The number of rotatable bonds is 5. The van der Waals surface area contributed by atoms with Gasteiger partial charge in [0.25, 0.3) is 0 Å². The highest BCUT2D eigenvalue weighted by Crippen LogP contribution is 2.28. The molecule has 3 rings (SSSR count). The van der Waals surface area contributed by atoms with E-state index in [9.17, 15) is 4.79 Å². The Bertz CT molecular complexity index is 733. The van der Waals surface area contributed by atoms with Gasteiger partial charge in [0.15, 0.2) is 0 Å². The van der Waals surface area contributed by atoms with Gasteiger partial charge in [-0.05, 0) is 24.6 Å². The molecule has 0 atom stereocenters. The fraction of sp³-hybridized carbons (Fsp3) is 0.421. The Balaban J connectivity index is 1.61. The van der Waals surface area contributed by atoms with Gasteiger partial charge in [0.1, 0.15) is 5.75 Å². The maximum absolute atomic E-state index is 11.5. The van der Waals surface area contributed by atoms with Gasteiger partial charge in [-0.3, -0.25) is 9.69 Å². The zero-order valence-electron chi connectivity index (χ0n) is 14.4. The zero-order chi connectivity index (χ0) is 16.9. The number of ether oxygens (including phenoxy) is 1. The third-order valence-electron chi connectivity index (χ3n) is 4.43. The van der Waals surface area contributed by atoms with Gasteiger partial charge >= 0.3 is 0 Å². The highest BCUT2D eigenvalue weighted by molar-refractivity contribution is 5.58. The van der Waals surface area contributed by atoms with Crippen molar-refractivity contribution in [2.45, 2.75) is 13.5 Å². The second-order valence-electron chi connectivity index (χ2n) is 6.15. The van der Waals surface area contributed by atoms with Gasteiger partial charge in [0.2, 0.25) is 5.56 Å². The van der Waals surface area contributed by atoms with Crippen LogP contribution in [-0.2, 0) is 13.6 Å². The molecule has 0 radical (unpaired) electrons. The number of hydrogen-bond donors (Lipinski definition) is 0. The summed E-state index contributed by atoms with van der Waals surface area (Å²) in [6.07, 6.45) is 1.93. The summed E-state index contributed by atoms with van der Waals surface area (Å²) < 4.78 is 7.39. The molecular formula is C19H25N3O2. The van der Waals surface area contributed by atoms with Gasteiger partial charge in [0.05, 0.1) is 12.3 Å². The Labute approximate surface area is 143 Å². The summed E-state index contributed by atoms with van der Waals surface area (Å²) in [5, 5.41) is 0. The number of hydrogen-bond acceptors (Lipinski definition) is 4. The minimum atomic E-state index is 0.0381. The van der Waals surface area contributed by atoms with Crippen molar-refractivity contribution < 1.29 is 4.74 Å². The lowest BCUT2D eigenvalue weighted by Gasteiger charge is -2.36.